The largest absolute Gasteiger partial charge is 0.386 e. The van der Waals surface area contributed by atoms with Gasteiger partial charge in [0.25, 0.3) is 16.4 Å². The number of halogens is 3. The standard InChI is InChI=1S/C6H7ClF2N2O3S2/c7-6-10-2-4(15-6)16(13,14)11-1-3(12)5(8)9/h2-3,5,11-12H,1H2. The van der Waals surface area contributed by atoms with Gasteiger partial charge < -0.3 is 5.11 Å². The van der Waals surface area contributed by atoms with Crippen molar-refractivity contribution in [3.05, 3.63) is 10.7 Å². The van der Waals surface area contributed by atoms with E-state index in [0.29, 0.717) is 11.3 Å². The first-order valence-electron chi connectivity index (χ1n) is 3.90. The summed E-state index contributed by atoms with van der Waals surface area (Å²) in [4.78, 5) is 3.50. The normalized spacial score (nSPS) is 14.3. The second-order valence-corrected chi connectivity index (χ2v) is 6.29. The molecule has 0 aromatic carbocycles. The number of sulfonamides is 1. The maximum atomic E-state index is 11.9. The van der Waals surface area contributed by atoms with Gasteiger partial charge >= 0.3 is 0 Å². The fraction of sp³-hybridized carbons (Fsp3) is 0.500. The van der Waals surface area contributed by atoms with Crippen molar-refractivity contribution in [1.82, 2.24) is 9.71 Å². The summed E-state index contributed by atoms with van der Waals surface area (Å²) in [6.45, 7) is -0.768. The molecule has 1 atom stereocenters. The molecule has 0 radical (unpaired) electrons. The summed E-state index contributed by atoms with van der Waals surface area (Å²) in [5, 5.41) is 8.73. The van der Waals surface area contributed by atoms with Crippen LogP contribution in [-0.4, -0.2) is 37.6 Å². The highest BCUT2D eigenvalue weighted by Gasteiger charge is 2.22. The van der Waals surface area contributed by atoms with Gasteiger partial charge in [-0.3, -0.25) is 0 Å². The van der Waals surface area contributed by atoms with E-state index in [0.717, 1.165) is 6.20 Å². The highest BCUT2D eigenvalue weighted by molar-refractivity contribution is 7.91. The van der Waals surface area contributed by atoms with Crippen LogP contribution in [0.2, 0.25) is 4.47 Å². The average molecular weight is 293 g/mol. The van der Waals surface area contributed by atoms with E-state index in [-0.39, 0.29) is 8.68 Å². The fourth-order valence-electron chi connectivity index (χ4n) is 0.719. The number of hydrogen-bond donors (Lipinski definition) is 2. The van der Waals surface area contributed by atoms with Gasteiger partial charge in [-0.05, 0) is 0 Å². The molecule has 10 heteroatoms. The van der Waals surface area contributed by atoms with Crippen molar-refractivity contribution < 1.29 is 22.3 Å². The van der Waals surface area contributed by atoms with Gasteiger partial charge in [0.15, 0.2) is 8.68 Å². The molecule has 1 aromatic heterocycles. The van der Waals surface area contributed by atoms with E-state index < -0.39 is 29.1 Å². The van der Waals surface area contributed by atoms with Gasteiger partial charge in [-0.2, -0.15) is 0 Å². The second-order valence-electron chi connectivity index (χ2n) is 2.69. The summed E-state index contributed by atoms with van der Waals surface area (Å²) in [5.74, 6) is 0. The van der Waals surface area contributed by atoms with Crippen molar-refractivity contribution in [2.24, 2.45) is 0 Å². The van der Waals surface area contributed by atoms with Gasteiger partial charge in [0.1, 0.15) is 6.10 Å². The van der Waals surface area contributed by atoms with Gasteiger partial charge in [0.05, 0.1) is 6.20 Å². The molecule has 1 aromatic rings. The molecule has 0 amide bonds. The lowest BCUT2D eigenvalue weighted by molar-refractivity contribution is -0.000445. The molecule has 5 nitrogen and oxygen atoms in total. The number of thiazole rings is 1. The molecule has 0 saturated carbocycles. The lowest BCUT2D eigenvalue weighted by Gasteiger charge is -2.09. The highest BCUT2D eigenvalue weighted by atomic mass is 35.5. The van der Waals surface area contributed by atoms with E-state index in [9.17, 15) is 17.2 Å². The molecule has 1 unspecified atom stereocenters. The SMILES string of the molecule is O=S(=O)(NCC(O)C(F)F)c1cnc(Cl)s1. The monoisotopic (exact) mass is 292 g/mol. The van der Waals surface area contributed by atoms with E-state index in [4.69, 9.17) is 16.7 Å². The van der Waals surface area contributed by atoms with Crippen LogP contribution in [-0.2, 0) is 10.0 Å². The van der Waals surface area contributed by atoms with Gasteiger partial charge in [-0.1, -0.05) is 22.9 Å². The molecular formula is C6H7ClF2N2O3S2. The Bertz CT molecular complexity index is 450. The van der Waals surface area contributed by atoms with Crippen LogP contribution >= 0.6 is 22.9 Å². The van der Waals surface area contributed by atoms with Gasteiger partial charge in [0.2, 0.25) is 0 Å². The molecule has 0 saturated heterocycles. The molecule has 16 heavy (non-hydrogen) atoms. The molecule has 0 aliphatic carbocycles. The smallest absolute Gasteiger partial charge is 0.265 e. The molecule has 1 heterocycles. The first-order chi connectivity index (χ1) is 7.33. The maximum Gasteiger partial charge on any atom is 0.265 e. The zero-order chi connectivity index (χ0) is 12.3. The Hall–Kier alpha value is -0.350. The zero-order valence-corrected chi connectivity index (χ0v) is 9.99. The first kappa shape index (κ1) is 13.7. The zero-order valence-electron chi connectivity index (χ0n) is 7.60. The van der Waals surface area contributed by atoms with E-state index in [1.165, 1.54) is 0 Å². The Morgan fingerprint density at radius 3 is 2.69 bits per heavy atom. The Balaban J connectivity index is 2.67. The van der Waals surface area contributed by atoms with Crippen LogP contribution in [0.25, 0.3) is 0 Å². The van der Waals surface area contributed by atoms with Crippen LogP contribution in [0, 0.1) is 0 Å². The minimum Gasteiger partial charge on any atom is -0.386 e. The van der Waals surface area contributed by atoms with E-state index in [1.807, 2.05) is 4.72 Å². The number of aliphatic hydroxyl groups is 1. The lowest BCUT2D eigenvalue weighted by Crippen LogP contribution is -2.35. The maximum absolute atomic E-state index is 11.9. The second kappa shape index (κ2) is 5.32. The number of aliphatic hydroxyl groups excluding tert-OH is 1. The molecule has 0 spiro atoms. The van der Waals surface area contributed by atoms with Gasteiger partial charge in [-0.15, -0.1) is 0 Å². The van der Waals surface area contributed by atoms with Crippen LogP contribution in [0.1, 0.15) is 0 Å². The number of alkyl halides is 2. The Morgan fingerprint density at radius 1 is 1.62 bits per heavy atom. The number of nitrogens with one attached hydrogen (secondary N) is 1. The van der Waals surface area contributed by atoms with Crippen molar-refractivity contribution in [3.63, 3.8) is 0 Å². The third-order valence-corrected chi connectivity index (χ3v) is 4.49. The first-order valence-corrected chi connectivity index (χ1v) is 6.58. The van der Waals surface area contributed by atoms with Crippen molar-refractivity contribution >= 4 is 33.0 Å². The van der Waals surface area contributed by atoms with Crippen LogP contribution in [0.15, 0.2) is 10.4 Å². The van der Waals surface area contributed by atoms with Gasteiger partial charge in [0, 0.05) is 6.54 Å². The predicted molar refractivity (Wildman–Crippen MR) is 54.3 cm³/mol. The topological polar surface area (TPSA) is 79.3 Å². The number of hydrogen-bond acceptors (Lipinski definition) is 5. The lowest BCUT2D eigenvalue weighted by atomic mass is 10.4. The highest BCUT2D eigenvalue weighted by Crippen LogP contribution is 2.22. The summed E-state index contributed by atoms with van der Waals surface area (Å²) in [6, 6.07) is 0. The molecule has 0 aliphatic rings. The molecule has 0 fully saturated rings. The summed E-state index contributed by atoms with van der Waals surface area (Å²) < 4.78 is 48.3. The number of nitrogens with zero attached hydrogens (tertiary/aromatic N) is 1. The van der Waals surface area contributed by atoms with Crippen LogP contribution < -0.4 is 4.72 Å². The van der Waals surface area contributed by atoms with Crippen molar-refractivity contribution in [3.8, 4) is 0 Å². The summed E-state index contributed by atoms with van der Waals surface area (Å²) in [7, 11) is -3.94. The minimum atomic E-state index is -3.94. The van der Waals surface area contributed by atoms with Crippen LogP contribution in [0.4, 0.5) is 8.78 Å². The molecule has 1 rings (SSSR count). The van der Waals surface area contributed by atoms with Crippen LogP contribution in [0.3, 0.4) is 0 Å². The Labute approximate surface area is 99.1 Å². The third kappa shape index (κ3) is 3.59. The molecule has 2 N–H and O–H groups in total. The van der Waals surface area contributed by atoms with Crippen molar-refractivity contribution in [2.75, 3.05) is 6.54 Å². The fourth-order valence-corrected chi connectivity index (χ4v) is 3.11. The molecule has 0 bridgehead atoms. The van der Waals surface area contributed by atoms with Crippen LogP contribution in [0.5, 0.6) is 0 Å². The molecule has 0 aliphatic heterocycles. The van der Waals surface area contributed by atoms with Crippen molar-refractivity contribution in [1.29, 1.82) is 0 Å². The third-order valence-electron chi connectivity index (χ3n) is 1.49. The molecule has 92 valence electrons. The Morgan fingerprint density at radius 2 is 2.25 bits per heavy atom. The quantitative estimate of drug-likeness (QED) is 0.837. The van der Waals surface area contributed by atoms with Gasteiger partial charge in [-0.25, -0.2) is 26.9 Å². The van der Waals surface area contributed by atoms with E-state index in [2.05, 4.69) is 4.98 Å². The average Bonchev–Trinajstić information content (AvgIpc) is 2.61. The van der Waals surface area contributed by atoms with Crippen molar-refractivity contribution in [2.45, 2.75) is 16.7 Å². The summed E-state index contributed by atoms with van der Waals surface area (Å²) >= 11 is 6.11. The number of rotatable bonds is 5. The summed E-state index contributed by atoms with van der Waals surface area (Å²) in [6.07, 6.45) is -4.05. The number of aromatic nitrogens is 1. The van der Waals surface area contributed by atoms with E-state index >= 15 is 0 Å². The minimum absolute atomic E-state index is 0.0229. The predicted octanol–water partition coefficient (Wildman–Crippen LogP) is 0.701. The van der Waals surface area contributed by atoms with E-state index in [1.54, 1.807) is 0 Å². The Kier molecular flexibility index (Phi) is 4.56. The molecular weight excluding hydrogens is 286 g/mol. The summed E-state index contributed by atoms with van der Waals surface area (Å²) in [5.41, 5.74) is 0.